The van der Waals surface area contributed by atoms with Gasteiger partial charge in [-0.1, -0.05) is 66.2 Å². The number of allylic oxidation sites excluding steroid dienone is 1. The van der Waals surface area contributed by atoms with Crippen molar-refractivity contribution in [2.45, 2.75) is 52.2 Å². The Balaban J connectivity index is 1.54. The molecule has 1 N–H and O–H groups in total. The van der Waals surface area contributed by atoms with E-state index < -0.39 is 17.7 Å². The van der Waals surface area contributed by atoms with Gasteiger partial charge >= 0.3 is 5.97 Å². The van der Waals surface area contributed by atoms with Crippen LogP contribution in [0.15, 0.2) is 78.9 Å². The van der Waals surface area contributed by atoms with E-state index in [0.717, 1.165) is 29.7 Å². The highest BCUT2D eigenvalue weighted by Gasteiger charge is 2.35. The van der Waals surface area contributed by atoms with E-state index in [1.807, 2.05) is 58.0 Å². The lowest BCUT2D eigenvalue weighted by atomic mass is 9.95. The van der Waals surface area contributed by atoms with Crippen LogP contribution < -0.4 is 9.64 Å². The second-order valence-corrected chi connectivity index (χ2v) is 13.4. The largest absolute Gasteiger partial charge is 0.490 e. The van der Waals surface area contributed by atoms with Gasteiger partial charge < -0.3 is 19.5 Å². The topological polar surface area (TPSA) is 89.2 Å². The Morgan fingerprint density at radius 2 is 1.83 bits per heavy atom. The van der Waals surface area contributed by atoms with Gasteiger partial charge in [0.05, 0.1) is 34.2 Å². The minimum absolute atomic E-state index is 0.400. The third kappa shape index (κ3) is 5.88. The Bertz CT molecular complexity index is 2040. The van der Waals surface area contributed by atoms with Crippen LogP contribution in [0.4, 0.5) is 5.69 Å². The van der Waals surface area contributed by atoms with Crippen molar-refractivity contribution in [1.82, 2.24) is 14.6 Å². The number of benzene rings is 3. The van der Waals surface area contributed by atoms with Crippen molar-refractivity contribution in [3.05, 3.63) is 101 Å². The Morgan fingerprint density at radius 3 is 2.64 bits per heavy atom. The molecule has 0 aliphatic carbocycles. The number of halogens is 1. The minimum Gasteiger partial charge on any atom is -0.490 e. The van der Waals surface area contributed by atoms with Crippen molar-refractivity contribution in [2.75, 3.05) is 24.6 Å². The molecule has 0 saturated heterocycles. The van der Waals surface area contributed by atoms with Crippen LogP contribution in [0, 0.1) is 6.92 Å². The molecule has 2 aliphatic rings. The van der Waals surface area contributed by atoms with E-state index in [0.29, 0.717) is 64.3 Å². The van der Waals surface area contributed by atoms with Crippen molar-refractivity contribution in [1.29, 1.82) is 0 Å². The fourth-order valence-corrected chi connectivity index (χ4v) is 6.92. The molecular formula is C38H37ClN4O4. The Morgan fingerprint density at radius 1 is 1.02 bits per heavy atom. The molecule has 47 heavy (non-hydrogen) atoms. The quantitative estimate of drug-likeness (QED) is 0.197. The molecule has 0 amide bonds. The predicted molar refractivity (Wildman–Crippen MR) is 185 cm³/mol. The van der Waals surface area contributed by atoms with Crippen molar-refractivity contribution in [3.8, 4) is 39.4 Å². The maximum Gasteiger partial charge on any atom is 0.337 e. The molecule has 2 aliphatic heterocycles. The number of hydrogen-bond acceptors (Lipinski definition) is 6. The van der Waals surface area contributed by atoms with Gasteiger partial charge in [0.25, 0.3) is 0 Å². The number of hydrogen-bond donors (Lipinski definition) is 1. The van der Waals surface area contributed by atoms with Gasteiger partial charge in [-0.15, -0.1) is 0 Å². The molecule has 0 radical (unpaired) electrons. The van der Waals surface area contributed by atoms with Crippen LogP contribution in [0.25, 0.3) is 39.3 Å². The fraction of sp³-hybridized carbons (Fsp3) is 0.289. The molecule has 240 valence electrons. The van der Waals surface area contributed by atoms with Gasteiger partial charge in [0.15, 0.2) is 11.8 Å². The molecule has 0 spiro atoms. The smallest absolute Gasteiger partial charge is 0.337 e. The van der Waals surface area contributed by atoms with Gasteiger partial charge in [-0.05, 0) is 75.4 Å². The monoisotopic (exact) mass is 648 g/mol. The van der Waals surface area contributed by atoms with Crippen molar-refractivity contribution >= 4 is 28.9 Å². The zero-order chi connectivity index (χ0) is 32.9. The zero-order valence-electron chi connectivity index (χ0n) is 27.0. The standard InChI is InChI=1S/C38H37ClN4O4/c1-23-32(36(37(44)45)47-38(2,3)4)34-28-16-17-30-35(33(28)39)42(19-20-46-30)18-9-5-6-11-24-12-7-8-15-27(24)25-13-10-14-26(21-25)29-22-31(40-23)43(34)41-29/h5,7-10,12-17,21-22,36H,6,11,18-20H2,1-4H3,(H,44,45)/t36-/m0/s1. The summed E-state index contributed by atoms with van der Waals surface area (Å²) in [6, 6.07) is 22.6. The lowest BCUT2D eigenvalue weighted by molar-refractivity contribution is -0.160. The second-order valence-electron chi connectivity index (χ2n) is 13.0. The molecule has 9 heteroatoms. The molecule has 1 atom stereocenters. The van der Waals surface area contributed by atoms with Gasteiger partial charge in [-0.25, -0.2) is 14.3 Å². The van der Waals surface area contributed by atoms with Crippen LogP contribution in [0.5, 0.6) is 5.75 Å². The van der Waals surface area contributed by atoms with Gasteiger partial charge in [-0.3, -0.25) is 0 Å². The molecule has 7 rings (SSSR count). The Hall–Kier alpha value is -4.66. The zero-order valence-corrected chi connectivity index (χ0v) is 27.7. The van der Waals surface area contributed by atoms with Crippen LogP contribution >= 0.6 is 11.6 Å². The molecule has 5 aromatic rings. The summed E-state index contributed by atoms with van der Waals surface area (Å²) in [5, 5.41) is 16.1. The third-order valence-corrected chi connectivity index (χ3v) is 9.00. The fourth-order valence-electron chi connectivity index (χ4n) is 6.56. The van der Waals surface area contributed by atoms with Crippen LogP contribution in [0.3, 0.4) is 0 Å². The highest BCUT2D eigenvalue weighted by Crippen LogP contribution is 2.46. The van der Waals surface area contributed by atoms with Crippen LogP contribution in [-0.2, 0) is 16.0 Å². The van der Waals surface area contributed by atoms with E-state index in [9.17, 15) is 9.90 Å². The molecule has 0 saturated carbocycles. The predicted octanol–water partition coefficient (Wildman–Crippen LogP) is 8.33. The molecule has 0 unspecified atom stereocenters. The van der Waals surface area contributed by atoms with Gasteiger partial charge in [0.1, 0.15) is 12.4 Å². The minimum atomic E-state index is -1.32. The number of rotatable bonds is 3. The lowest BCUT2D eigenvalue weighted by Gasteiger charge is -2.32. The average molecular weight is 649 g/mol. The van der Waals surface area contributed by atoms with Crippen molar-refractivity contribution in [2.24, 2.45) is 0 Å². The highest BCUT2D eigenvalue weighted by atomic mass is 35.5. The average Bonchev–Trinajstić information content (AvgIpc) is 3.46. The van der Waals surface area contributed by atoms with Crippen LogP contribution in [0.2, 0.25) is 5.02 Å². The molecule has 8 nitrogen and oxygen atoms in total. The van der Waals surface area contributed by atoms with E-state index in [-0.39, 0.29) is 0 Å². The summed E-state index contributed by atoms with van der Waals surface area (Å²) in [5.41, 5.74) is 7.85. The SMILES string of the molecule is Cc1nc2cc3nn2c(c1[C@H](OC(C)(C)C)C(=O)O)-c1ccc2c(c1Cl)N(CC=CCCc1ccccc1-c1cccc-3c1)CCO2. The number of fused-ring (bicyclic) bond motifs is 8. The van der Waals surface area contributed by atoms with E-state index in [2.05, 4.69) is 53.5 Å². The summed E-state index contributed by atoms with van der Waals surface area (Å²) < 4.78 is 14.0. The summed E-state index contributed by atoms with van der Waals surface area (Å²) in [5.74, 6) is -0.438. The van der Waals surface area contributed by atoms with Crippen LogP contribution in [-0.4, -0.2) is 51.0 Å². The number of carboxylic acid groups (broad SMARTS) is 1. The molecule has 0 fully saturated rings. The van der Waals surface area contributed by atoms with E-state index in [1.165, 1.54) is 11.1 Å². The first-order valence-corrected chi connectivity index (χ1v) is 16.3. The van der Waals surface area contributed by atoms with Gasteiger partial charge in [-0.2, -0.15) is 5.10 Å². The lowest BCUT2D eigenvalue weighted by Crippen LogP contribution is -2.33. The second kappa shape index (κ2) is 12.2. The van der Waals surface area contributed by atoms with Gasteiger partial charge in [0.2, 0.25) is 0 Å². The normalized spacial score (nSPS) is 15.1. The number of aromatic nitrogens is 3. The molecular weight excluding hydrogens is 612 g/mol. The van der Waals surface area contributed by atoms with E-state index in [1.54, 1.807) is 4.52 Å². The summed E-state index contributed by atoms with van der Waals surface area (Å²) in [6.45, 7) is 9.17. The number of carboxylic acids is 1. The number of aliphatic carboxylic acids is 1. The molecule has 6 bridgehead atoms. The molecule has 3 aromatic carbocycles. The van der Waals surface area contributed by atoms with Crippen molar-refractivity contribution in [3.63, 3.8) is 0 Å². The Kier molecular flexibility index (Phi) is 8.02. The van der Waals surface area contributed by atoms with E-state index in [4.69, 9.17) is 31.2 Å². The number of anilines is 1. The maximum atomic E-state index is 12.9. The number of aryl methyl sites for hydroxylation is 2. The number of nitrogens with zero attached hydrogens (tertiary/aromatic N) is 4. The van der Waals surface area contributed by atoms with E-state index >= 15 is 0 Å². The first-order chi connectivity index (χ1) is 22.6. The summed E-state index contributed by atoms with van der Waals surface area (Å²) in [4.78, 5) is 20.0. The summed E-state index contributed by atoms with van der Waals surface area (Å²) in [6.07, 6.45) is 4.89. The summed E-state index contributed by atoms with van der Waals surface area (Å²) >= 11 is 7.35. The summed E-state index contributed by atoms with van der Waals surface area (Å²) in [7, 11) is 0. The first-order valence-electron chi connectivity index (χ1n) is 15.9. The first kappa shape index (κ1) is 31.0. The molecule has 4 heterocycles. The molecule has 2 aromatic heterocycles. The number of ether oxygens (including phenoxy) is 2. The maximum absolute atomic E-state index is 12.9. The Labute approximate surface area is 279 Å². The van der Waals surface area contributed by atoms with Crippen LogP contribution in [0.1, 0.15) is 50.1 Å². The number of carbonyl (C=O) groups is 1. The van der Waals surface area contributed by atoms with Gasteiger partial charge in [0, 0.05) is 35.0 Å². The van der Waals surface area contributed by atoms with Crippen molar-refractivity contribution < 1.29 is 19.4 Å². The highest BCUT2D eigenvalue weighted by molar-refractivity contribution is 6.36. The third-order valence-electron chi connectivity index (χ3n) is 8.62.